The van der Waals surface area contributed by atoms with Gasteiger partial charge in [-0.25, -0.2) is 4.79 Å². The van der Waals surface area contributed by atoms with Crippen LogP contribution < -0.4 is 5.32 Å². The molecule has 1 aliphatic carbocycles. The highest BCUT2D eigenvalue weighted by Gasteiger charge is 2.29. The highest BCUT2D eigenvalue weighted by Crippen LogP contribution is 2.40. The zero-order valence-corrected chi connectivity index (χ0v) is 16.8. The van der Waals surface area contributed by atoms with Crippen molar-refractivity contribution in [3.63, 3.8) is 0 Å². The van der Waals surface area contributed by atoms with Crippen LogP contribution in [-0.2, 0) is 24.2 Å². The van der Waals surface area contributed by atoms with Gasteiger partial charge in [0.15, 0.2) is 5.76 Å². The van der Waals surface area contributed by atoms with Gasteiger partial charge in [0.1, 0.15) is 11.6 Å². The van der Waals surface area contributed by atoms with E-state index < -0.39 is 5.97 Å². The summed E-state index contributed by atoms with van der Waals surface area (Å²) in [7, 11) is 0. The van der Waals surface area contributed by atoms with Crippen LogP contribution >= 0.6 is 11.3 Å². The fourth-order valence-electron chi connectivity index (χ4n) is 3.78. The van der Waals surface area contributed by atoms with Gasteiger partial charge in [0.05, 0.1) is 17.3 Å². The first-order valence-electron chi connectivity index (χ1n) is 9.70. The molecule has 1 aromatic carbocycles. The van der Waals surface area contributed by atoms with Gasteiger partial charge >= 0.3 is 5.97 Å². The third kappa shape index (κ3) is 3.37. The second kappa shape index (κ2) is 7.76. The summed E-state index contributed by atoms with van der Waals surface area (Å²) in [6.45, 7) is 0.114. The van der Waals surface area contributed by atoms with Crippen LogP contribution in [0.4, 0.5) is 5.00 Å². The number of fused-ring (bicyclic) bond motifs is 2. The van der Waals surface area contributed by atoms with Crippen molar-refractivity contribution in [3.05, 3.63) is 82.3 Å². The predicted molar refractivity (Wildman–Crippen MR) is 114 cm³/mol. The minimum absolute atomic E-state index is 0.114. The smallest absolute Gasteiger partial charge is 0.341 e. The molecule has 0 fully saturated rings. The van der Waals surface area contributed by atoms with Crippen molar-refractivity contribution in [2.45, 2.75) is 25.9 Å². The fraction of sp³-hybridized carbons (Fsp3) is 0.174. The number of hydrogen-bond donors (Lipinski definition) is 1. The van der Waals surface area contributed by atoms with Crippen molar-refractivity contribution in [1.82, 2.24) is 4.98 Å². The lowest BCUT2D eigenvalue weighted by Crippen LogP contribution is -2.14. The SMILES string of the molecule is O=C(Nc1sc2c(c1C(=O)OCc1cccc3cccnc13)CCC2)c1ccco1. The minimum Gasteiger partial charge on any atom is -0.459 e. The molecule has 30 heavy (non-hydrogen) atoms. The van der Waals surface area contributed by atoms with E-state index >= 15 is 0 Å². The number of carbonyl (C=O) groups is 2. The summed E-state index contributed by atoms with van der Waals surface area (Å²) < 4.78 is 10.8. The molecule has 0 bridgehead atoms. The summed E-state index contributed by atoms with van der Waals surface area (Å²) in [6.07, 6.45) is 5.88. The maximum Gasteiger partial charge on any atom is 0.341 e. The number of para-hydroxylation sites is 1. The third-order valence-electron chi connectivity index (χ3n) is 5.17. The molecule has 1 amide bonds. The molecule has 3 aromatic heterocycles. The summed E-state index contributed by atoms with van der Waals surface area (Å²) in [5.74, 6) is -0.617. The van der Waals surface area contributed by atoms with Crippen LogP contribution in [0.2, 0.25) is 0 Å². The number of esters is 1. The van der Waals surface area contributed by atoms with E-state index in [0.29, 0.717) is 10.6 Å². The first kappa shape index (κ1) is 18.6. The lowest BCUT2D eigenvalue weighted by Gasteiger charge is -2.10. The first-order valence-corrected chi connectivity index (χ1v) is 10.5. The number of carbonyl (C=O) groups excluding carboxylic acids is 2. The molecule has 0 aliphatic heterocycles. The van der Waals surface area contributed by atoms with Crippen LogP contribution in [0, 0.1) is 0 Å². The second-order valence-electron chi connectivity index (χ2n) is 7.06. The molecule has 5 rings (SSSR count). The number of hydrogen-bond acceptors (Lipinski definition) is 6. The maximum absolute atomic E-state index is 13.1. The van der Waals surface area contributed by atoms with Gasteiger partial charge in [-0.15, -0.1) is 11.3 Å². The quantitative estimate of drug-likeness (QED) is 0.462. The number of rotatable bonds is 5. The zero-order chi connectivity index (χ0) is 20.5. The summed E-state index contributed by atoms with van der Waals surface area (Å²) >= 11 is 1.44. The second-order valence-corrected chi connectivity index (χ2v) is 8.17. The summed E-state index contributed by atoms with van der Waals surface area (Å²) in [6, 6.07) is 12.9. The van der Waals surface area contributed by atoms with Crippen LogP contribution in [0.15, 0.2) is 59.3 Å². The van der Waals surface area contributed by atoms with Crippen LogP contribution in [0.25, 0.3) is 10.9 Å². The molecule has 7 heteroatoms. The number of benzene rings is 1. The molecule has 150 valence electrons. The van der Waals surface area contributed by atoms with Crippen molar-refractivity contribution < 1.29 is 18.7 Å². The van der Waals surface area contributed by atoms with E-state index in [1.165, 1.54) is 17.6 Å². The average Bonchev–Trinajstić information content (AvgIpc) is 3.49. The number of amides is 1. The van der Waals surface area contributed by atoms with Crippen molar-refractivity contribution in [1.29, 1.82) is 0 Å². The van der Waals surface area contributed by atoms with E-state index in [9.17, 15) is 9.59 Å². The largest absolute Gasteiger partial charge is 0.459 e. The van der Waals surface area contributed by atoms with Crippen molar-refractivity contribution in [3.8, 4) is 0 Å². The van der Waals surface area contributed by atoms with E-state index in [0.717, 1.165) is 46.2 Å². The van der Waals surface area contributed by atoms with Gasteiger partial charge in [0, 0.05) is 22.0 Å². The van der Waals surface area contributed by atoms with Crippen LogP contribution in [0.3, 0.4) is 0 Å². The maximum atomic E-state index is 13.1. The molecular formula is C23H18N2O4S. The molecule has 6 nitrogen and oxygen atoms in total. The molecule has 3 heterocycles. The Hall–Kier alpha value is -3.45. The van der Waals surface area contributed by atoms with Gasteiger partial charge < -0.3 is 14.5 Å². The normalized spacial score (nSPS) is 12.7. The number of aryl methyl sites for hydroxylation is 1. The van der Waals surface area contributed by atoms with Gasteiger partial charge in [0.2, 0.25) is 0 Å². The Balaban J connectivity index is 1.40. The number of nitrogens with one attached hydrogen (secondary N) is 1. The van der Waals surface area contributed by atoms with E-state index in [1.807, 2.05) is 30.3 Å². The summed E-state index contributed by atoms with van der Waals surface area (Å²) in [5, 5.41) is 4.33. The Labute approximate surface area is 176 Å². The van der Waals surface area contributed by atoms with Gasteiger partial charge in [-0.05, 0) is 43.0 Å². The number of nitrogens with zero attached hydrogens (tertiary/aromatic N) is 1. The van der Waals surface area contributed by atoms with E-state index in [4.69, 9.17) is 9.15 Å². The monoisotopic (exact) mass is 418 g/mol. The van der Waals surface area contributed by atoms with Crippen LogP contribution in [0.5, 0.6) is 0 Å². The molecule has 0 saturated carbocycles. The molecule has 0 atom stereocenters. The number of ether oxygens (including phenoxy) is 1. The lowest BCUT2D eigenvalue weighted by molar-refractivity contribution is 0.0475. The highest BCUT2D eigenvalue weighted by atomic mass is 32.1. The van der Waals surface area contributed by atoms with E-state index in [-0.39, 0.29) is 18.3 Å². The number of aromatic nitrogens is 1. The third-order valence-corrected chi connectivity index (χ3v) is 6.38. The van der Waals surface area contributed by atoms with Crippen molar-refractivity contribution in [2.24, 2.45) is 0 Å². The predicted octanol–water partition coefficient (Wildman–Crippen LogP) is 4.99. The number of thiophene rings is 1. The van der Waals surface area contributed by atoms with Crippen molar-refractivity contribution >= 4 is 39.1 Å². The fourth-order valence-corrected chi connectivity index (χ4v) is 5.05. The summed E-state index contributed by atoms with van der Waals surface area (Å²) in [5.41, 5.74) is 3.10. The summed E-state index contributed by atoms with van der Waals surface area (Å²) in [4.78, 5) is 31.0. The van der Waals surface area contributed by atoms with E-state index in [2.05, 4.69) is 10.3 Å². The Kier molecular flexibility index (Phi) is 4.80. The van der Waals surface area contributed by atoms with E-state index in [1.54, 1.807) is 18.3 Å². The van der Waals surface area contributed by atoms with Crippen LogP contribution in [-0.4, -0.2) is 16.9 Å². The van der Waals surface area contributed by atoms with Crippen molar-refractivity contribution in [2.75, 3.05) is 5.32 Å². The highest BCUT2D eigenvalue weighted by molar-refractivity contribution is 7.17. The van der Waals surface area contributed by atoms with Gasteiger partial charge in [0.25, 0.3) is 5.91 Å². The Morgan fingerprint density at radius 3 is 2.90 bits per heavy atom. The molecule has 1 aliphatic rings. The Bertz CT molecular complexity index is 1240. The van der Waals surface area contributed by atoms with Gasteiger partial charge in [-0.3, -0.25) is 9.78 Å². The molecule has 0 spiro atoms. The number of pyridine rings is 1. The average molecular weight is 418 g/mol. The van der Waals surface area contributed by atoms with Gasteiger partial charge in [-0.2, -0.15) is 0 Å². The molecule has 0 saturated heterocycles. The molecule has 0 radical (unpaired) electrons. The molecule has 0 unspecified atom stereocenters. The minimum atomic E-state index is -0.433. The standard InChI is InChI=1S/C23H18N2O4S/c26-21(17-9-4-12-28-17)25-22-19(16-8-2-10-18(16)30-22)23(27)29-13-15-6-1-5-14-7-3-11-24-20(14)15/h1,3-7,9,11-12H,2,8,10,13H2,(H,25,26). The Morgan fingerprint density at radius 2 is 2.03 bits per heavy atom. The first-order chi connectivity index (χ1) is 14.7. The topological polar surface area (TPSA) is 81.4 Å². The lowest BCUT2D eigenvalue weighted by atomic mass is 10.1. The molecular weight excluding hydrogens is 400 g/mol. The number of furan rings is 1. The van der Waals surface area contributed by atoms with Crippen LogP contribution in [0.1, 0.15) is 43.3 Å². The zero-order valence-electron chi connectivity index (χ0n) is 16.0. The molecule has 4 aromatic rings. The number of anilines is 1. The molecule has 1 N–H and O–H groups in total. The Morgan fingerprint density at radius 1 is 1.13 bits per heavy atom. The van der Waals surface area contributed by atoms with Gasteiger partial charge in [-0.1, -0.05) is 24.3 Å².